The number of rotatable bonds is 9. The van der Waals surface area contributed by atoms with Gasteiger partial charge in [-0.2, -0.15) is 0 Å². The van der Waals surface area contributed by atoms with Gasteiger partial charge < -0.3 is 5.11 Å². The lowest BCUT2D eigenvalue weighted by Crippen LogP contribution is -2.29. The van der Waals surface area contributed by atoms with Crippen LogP contribution in [0.5, 0.6) is 0 Å². The summed E-state index contributed by atoms with van der Waals surface area (Å²) in [5.74, 6) is 0.351. The van der Waals surface area contributed by atoms with E-state index in [2.05, 4.69) is 18.6 Å². The zero-order valence-electron chi connectivity index (χ0n) is 12.6. The molecule has 0 fully saturated rings. The summed E-state index contributed by atoms with van der Waals surface area (Å²) in [5, 5.41) is 9.53. The number of unbranched alkanes of at least 4 members (excludes halogenated alkanes) is 1. The molecule has 0 bridgehead atoms. The highest BCUT2D eigenvalue weighted by molar-refractivity contribution is 7.89. The van der Waals surface area contributed by atoms with Gasteiger partial charge in [-0.15, -0.1) is 0 Å². The van der Waals surface area contributed by atoms with Crippen LogP contribution in [0.2, 0.25) is 5.02 Å². The highest BCUT2D eigenvalue weighted by Crippen LogP contribution is 2.21. The van der Waals surface area contributed by atoms with Gasteiger partial charge in [0.15, 0.2) is 0 Å². The number of nitrogens with one attached hydrogen (secondary N) is 1. The molecule has 0 saturated carbocycles. The van der Waals surface area contributed by atoms with Crippen LogP contribution in [0.25, 0.3) is 0 Å². The maximum atomic E-state index is 12.3. The lowest BCUT2D eigenvalue weighted by molar-refractivity contribution is 0.281. The van der Waals surface area contributed by atoms with Crippen LogP contribution in [0.15, 0.2) is 23.1 Å². The topological polar surface area (TPSA) is 66.4 Å². The van der Waals surface area contributed by atoms with Crippen molar-refractivity contribution in [1.82, 2.24) is 4.72 Å². The van der Waals surface area contributed by atoms with Crippen LogP contribution in [-0.4, -0.2) is 20.1 Å². The van der Waals surface area contributed by atoms with Gasteiger partial charge in [-0.1, -0.05) is 44.7 Å². The molecule has 1 unspecified atom stereocenters. The maximum absolute atomic E-state index is 12.3. The average molecular weight is 334 g/mol. The minimum absolute atomic E-state index is 0.140. The first-order valence-electron chi connectivity index (χ1n) is 7.33. The molecule has 0 saturated heterocycles. The smallest absolute Gasteiger partial charge is 0.240 e. The summed E-state index contributed by atoms with van der Waals surface area (Å²) in [6.07, 6.45) is 4.19. The summed E-state index contributed by atoms with van der Waals surface area (Å²) in [4.78, 5) is 0.140. The van der Waals surface area contributed by atoms with Crippen molar-refractivity contribution in [3.05, 3.63) is 28.8 Å². The van der Waals surface area contributed by atoms with E-state index in [-0.39, 0.29) is 11.5 Å². The predicted molar refractivity (Wildman–Crippen MR) is 85.9 cm³/mol. The van der Waals surface area contributed by atoms with Crippen molar-refractivity contribution in [2.45, 2.75) is 51.0 Å². The summed E-state index contributed by atoms with van der Waals surface area (Å²) >= 11 is 5.88. The number of hydrogen-bond donors (Lipinski definition) is 2. The number of aliphatic hydroxyl groups is 1. The Balaban J connectivity index is 2.77. The molecule has 0 amide bonds. The van der Waals surface area contributed by atoms with Crippen LogP contribution in [0.4, 0.5) is 0 Å². The lowest BCUT2D eigenvalue weighted by Gasteiger charge is -2.16. The molecule has 2 N–H and O–H groups in total. The Morgan fingerprint density at radius 3 is 2.62 bits per heavy atom. The van der Waals surface area contributed by atoms with Gasteiger partial charge in [0.2, 0.25) is 10.0 Å². The summed E-state index contributed by atoms with van der Waals surface area (Å²) in [6, 6.07) is 4.37. The van der Waals surface area contributed by atoms with Gasteiger partial charge in [-0.05, 0) is 36.1 Å². The zero-order chi connectivity index (χ0) is 15.9. The quantitative estimate of drug-likeness (QED) is 0.728. The monoisotopic (exact) mass is 333 g/mol. The molecule has 1 aromatic carbocycles. The van der Waals surface area contributed by atoms with Crippen molar-refractivity contribution < 1.29 is 13.5 Å². The summed E-state index contributed by atoms with van der Waals surface area (Å²) in [7, 11) is -3.56. The average Bonchev–Trinajstić information content (AvgIpc) is 2.47. The minimum Gasteiger partial charge on any atom is -0.392 e. The molecule has 0 radical (unpaired) electrons. The van der Waals surface area contributed by atoms with Crippen molar-refractivity contribution in [2.75, 3.05) is 6.54 Å². The summed E-state index contributed by atoms with van der Waals surface area (Å²) in [6.45, 7) is 4.36. The largest absolute Gasteiger partial charge is 0.392 e. The number of hydrogen-bond acceptors (Lipinski definition) is 3. The second-order valence-electron chi connectivity index (χ2n) is 5.18. The molecular weight excluding hydrogens is 310 g/mol. The first-order chi connectivity index (χ1) is 9.94. The predicted octanol–water partition coefficient (Wildman–Crippen LogP) is 3.33. The third-order valence-electron chi connectivity index (χ3n) is 3.60. The van der Waals surface area contributed by atoms with Crippen LogP contribution >= 0.6 is 11.6 Å². The van der Waals surface area contributed by atoms with E-state index in [0.717, 1.165) is 25.7 Å². The van der Waals surface area contributed by atoms with E-state index in [1.165, 1.54) is 18.2 Å². The number of aliphatic hydroxyl groups excluding tert-OH is 1. The van der Waals surface area contributed by atoms with Gasteiger partial charge in [0.05, 0.1) is 11.5 Å². The third kappa shape index (κ3) is 5.58. The molecule has 0 aliphatic rings. The van der Waals surface area contributed by atoms with E-state index in [1.807, 2.05) is 0 Å². The van der Waals surface area contributed by atoms with Gasteiger partial charge in [-0.25, -0.2) is 13.1 Å². The lowest BCUT2D eigenvalue weighted by atomic mass is 10.00. The highest BCUT2D eigenvalue weighted by atomic mass is 35.5. The molecule has 1 atom stereocenters. The van der Waals surface area contributed by atoms with Crippen molar-refractivity contribution >= 4 is 21.6 Å². The Hall–Kier alpha value is -0.620. The molecule has 0 spiro atoms. The Labute approximate surface area is 132 Å². The standard InChI is InChI=1S/C15H24ClNO3S/c1-3-5-6-12(4-2)10-17-21(19,20)14-7-8-15(16)13(9-14)11-18/h7-9,12,17-18H,3-6,10-11H2,1-2H3. The van der Waals surface area contributed by atoms with Crippen LogP contribution in [0.1, 0.15) is 45.1 Å². The van der Waals surface area contributed by atoms with Gasteiger partial charge >= 0.3 is 0 Å². The van der Waals surface area contributed by atoms with Crippen LogP contribution in [0.3, 0.4) is 0 Å². The molecule has 0 heterocycles. The molecule has 0 aliphatic heterocycles. The zero-order valence-corrected chi connectivity index (χ0v) is 14.2. The Morgan fingerprint density at radius 2 is 2.05 bits per heavy atom. The first-order valence-corrected chi connectivity index (χ1v) is 9.19. The van der Waals surface area contributed by atoms with Gasteiger partial charge in [0.25, 0.3) is 0 Å². The minimum atomic E-state index is -3.56. The molecule has 21 heavy (non-hydrogen) atoms. The fourth-order valence-electron chi connectivity index (χ4n) is 2.09. The fourth-order valence-corrected chi connectivity index (χ4v) is 3.44. The SMILES string of the molecule is CCCCC(CC)CNS(=O)(=O)c1ccc(Cl)c(CO)c1. The number of halogens is 1. The highest BCUT2D eigenvalue weighted by Gasteiger charge is 2.17. The van der Waals surface area contributed by atoms with Gasteiger partial charge in [-0.3, -0.25) is 0 Å². The Kier molecular flexibility index (Phi) is 7.66. The molecule has 4 nitrogen and oxygen atoms in total. The van der Waals surface area contributed by atoms with Gasteiger partial charge in [0, 0.05) is 11.6 Å². The molecule has 1 rings (SSSR count). The first kappa shape index (κ1) is 18.4. The molecule has 120 valence electrons. The second kappa shape index (κ2) is 8.73. The molecule has 0 aliphatic carbocycles. The number of sulfonamides is 1. The van der Waals surface area contributed by atoms with Gasteiger partial charge in [0.1, 0.15) is 0 Å². The Morgan fingerprint density at radius 1 is 1.33 bits per heavy atom. The maximum Gasteiger partial charge on any atom is 0.240 e. The van der Waals surface area contributed by atoms with Crippen molar-refractivity contribution in [1.29, 1.82) is 0 Å². The molecule has 0 aromatic heterocycles. The summed E-state index contributed by atoms with van der Waals surface area (Å²) < 4.78 is 27.2. The van der Waals surface area contributed by atoms with Crippen molar-refractivity contribution in [3.8, 4) is 0 Å². The van der Waals surface area contributed by atoms with E-state index < -0.39 is 10.0 Å². The van der Waals surface area contributed by atoms with Crippen LogP contribution < -0.4 is 4.72 Å². The molecular formula is C15H24ClNO3S. The molecule has 6 heteroatoms. The third-order valence-corrected chi connectivity index (χ3v) is 5.39. The van der Waals surface area contributed by atoms with E-state index >= 15 is 0 Å². The van der Waals surface area contributed by atoms with Crippen molar-refractivity contribution in [2.24, 2.45) is 5.92 Å². The fraction of sp³-hybridized carbons (Fsp3) is 0.600. The molecule has 1 aromatic rings. The van der Waals surface area contributed by atoms with Crippen molar-refractivity contribution in [3.63, 3.8) is 0 Å². The Bertz CT molecular complexity index is 546. The van der Waals surface area contributed by atoms with Crippen LogP contribution in [0, 0.1) is 5.92 Å². The number of benzene rings is 1. The van der Waals surface area contributed by atoms with E-state index in [0.29, 0.717) is 23.0 Å². The summed E-state index contributed by atoms with van der Waals surface area (Å²) in [5.41, 5.74) is 0.414. The van der Waals surface area contributed by atoms with E-state index in [1.54, 1.807) is 0 Å². The van der Waals surface area contributed by atoms with E-state index in [9.17, 15) is 8.42 Å². The van der Waals surface area contributed by atoms with E-state index in [4.69, 9.17) is 16.7 Å². The van der Waals surface area contributed by atoms with Crippen LogP contribution in [-0.2, 0) is 16.6 Å². The second-order valence-corrected chi connectivity index (χ2v) is 7.35. The normalized spacial score (nSPS) is 13.3.